The van der Waals surface area contributed by atoms with E-state index in [0.29, 0.717) is 24.6 Å². The van der Waals surface area contributed by atoms with E-state index in [4.69, 9.17) is 9.47 Å². The van der Waals surface area contributed by atoms with E-state index in [9.17, 15) is 4.79 Å². The van der Waals surface area contributed by atoms with Gasteiger partial charge in [0, 0.05) is 26.0 Å². The van der Waals surface area contributed by atoms with Gasteiger partial charge in [0.1, 0.15) is 18.1 Å². The van der Waals surface area contributed by atoms with Crippen LogP contribution in [0.15, 0.2) is 36.8 Å². The molecule has 116 valence electrons. The van der Waals surface area contributed by atoms with Gasteiger partial charge in [0.25, 0.3) is 5.91 Å². The van der Waals surface area contributed by atoms with Gasteiger partial charge in [-0.05, 0) is 24.6 Å². The molecule has 1 aliphatic heterocycles. The quantitative estimate of drug-likeness (QED) is 0.895. The zero-order chi connectivity index (χ0) is 15.4. The number of pyridine rings is 1. The number of ether oxygens (including phenoxy) is 2. The van der Waals surface area contributed by atoms with Crippen molar-refractivity contribution in [2.24, 2.45) is 0 Å². The van der Waals surface area contributed by atoms with Gasteiger partial charge in [0.05, 0.1) is 18.3 Å². The first-order valence-corrected chi connectivity index (χ1v) is 7.14. The number of nitrogens with one attached hydrogen (secondary N) is 1. The Balaban J connectivity index is 1.68. The minimum atomic E-state index is -0.0863. The van der Waals surface area contributed by atoms with Crippen molar-refractivity contribution < 1.29 is 14.3 Å². The van der Waals surface area contributed by atoms with Crippen molar-refractivity contribution in [1.29, 1.82) is 0 Å². The first-order valence-electron chi connectivity index (χ1n) is 7.14. The molecule has 2 atom stereocenters. The minimum Gasteiger partial charge on any atom is -0.490 e. The summed E-state index contributed by atoms with van der Waals surface area (Å²) in [5.41, 5.74) is 0.475. The molecule has 0 spiro atoms. The predicted molar refractivity (Wildman–Crippen MR) is 78.6 cm³/mol. The molecular weight excluding hydrogens is 284 g/mol. The Kier molecular flexibility index (Phi) is 4.34. The standard InChI is InChI=1S/C15H18N4O3/c1-21-13-7-11(10-22-12-3-2-5-16-8-12)19(9-13)15(20)14-4-6-17-18-14/h2-6,8,11,13H,7,9-10H2,1H3,(H,17,18)/t11-,13+/m0/s1. The fourth-order valence-corrected chi connectivity index (χ4v) is 2.61. The molecule has 1 N–H and O–H groups in total. The molecule has 2 aromatic rings. The van der Waals surface area contributed by atoms with Crippen LogP contribution in [0.1, 0.15) is 16.9 Å². The zero-order valence-electron chi connectivity index (χ0n) is 12.3. The predicted octanol–water partition coefficient (Wildman–Crippen LogP) is 1.11. The van der Waals surface area contributed by atoms with Gasteiger partial charge in [-0.25, -0.2) is 0 Å². The van der Waals surface area contributed by atoms with Crippen LogP contribution in [0, 0.1) is 0 Å². The maximum Gasteiger partial charge on any atom is 0.272 e. The van der Waals surface area contributed by atoms with Crippen LogP contribution in [0.5, 0.6) is 5.75 Å². The number of methoxy groups -OCH3 is 1. The summed E-state index contributed by atoms with van der Waals surface area (Å²) in [5, 5.41) is 6.54. The van der Waals surface area contributed by atoms with Crippen LogP contribution in [0.2, 0.25) is 0 Å². The van der Waals surface area contributed by atoms with Gasteiger partial charge in [0.2, 0.25) is 0 Å². The van der Waals surface area contributed by atoms with Crippen LogP contribution in [0.4, 0.5) is 0 Å². The molecule has 1 fully saturated rings. The average Bonchev–Trinajstić information content (AvgIpc) is 3.23. The molecule has 2 aromatic heterocycles. The van der Waals surface area contributed by atoms with E-state index in [0.717, 1.165) is 6.42 Å². The topological polar surface area (TPSA) is 80.3 Å². The molecule has 7 heteroatoms. The molecule has 3 heterocycles. The minimum absolute atomic E-state index is 0.0226. The lowest BCUT2D eigenvalue weighted by Crippen LogP contribution is -2.39. The summed E-state index contributed by atoms with van der Waals surface area (Å²) in [6.07, 6.45) is 5.69. The Labute approximate surface area is 128 Å². The number of rotatable bonds is 5. The van der Waals surface area contributed by atoms with Crippen molar-refractivity contribution >= 4 is 5.91 Å². The molecule has 0 unspecified atom stereocenters. The van der Waals surface area contributed by atoms with Crippen molar-refractivity contribution in [3.63, 3.8) is 0 Å². The summed E-state index contributed by atoms with van der Waals surface area (Å²) in [4.78, 5) is 18.3. The van der Waals surface area contributed by atoms with Crippen molar-refractivity contribution in [1.82, 2.24) is 20.1 Å². The number of nitrogens with zero attached hydrogens (tertiary/aromatic N) is 3. The van der Waals surface area contributed by atoms with E-state index in [1.807, 2.05) is 12.1 Å². The van der Waals surface area contributed by atoms with Crippen molar-refractivity contribution in [3.05, 3.63) is 42.5 Å². The summed E-state index contributed by atoms with van der Waals surface area (Å²) in [6, 6.07) is 5.29. The number of aromatic amines is 1. The summed E-state index contributed by atoms with van der Waals surface area (Å²) >= 11 is 0. The molecule has 0 bridgehead atoms. The molecule has 0 radical (unpaired) electrons. The molecule has 3 rings (SSSR count). The highest BCUT2D eigenvalue weighted by Gasteiger charge is 2.36. The number of amides is 1. The lowest BCUT2D eigenvalue weighted by Gasteiger charge is -2.23. The van der Waals surface area contributed by atoms with Gasteiger partial charge in [-0.1, -0.05) is 0 Å². The number of H-pyrrole nitrogens is 1. The summed E-state index contributed by atoms with van der Waals surface area (Å²) in [5.74, 6) is 0.606. The van der Waals surface area contributed by atoms with E-state index in [1.54, 1.807) is 36.7 Å². The number of aromatic nitrogens is 3. The molecule has 1 amide bonds. The fourth-order valence-electron chi connectivity index (χ4n) is 2.61. The number of hydrogen-bond donors (Lipinski definition) is 1. The second-order valence-electron chi connectivity index (χ2n) is 5.17. The fraction of sp³-hybridized carbons (Fsp3) is 0.400. The molecule has 0 aromatic carbocycles. The third-order valence-electron chi connectivity index (χ3n) is 3.78. The van der Waals surface area contributed by atoms with E-state index in [-0.39, 0.29) is 18.1 Å². The SMILES string of the molecule is CO[C@@H]1C[C@@H](COc2cccnc2)N(C(=O)c2ccn[nH]2)C1. The van der Waals surface area contributed by atoms with Crippen molar-refractivity contribution in [3.8, 4) is 5.75 Å². The molecule has 1 aliphatic rings. The Morgan fingerprint density at radius 2 is 2.36 bits per heavy atom. The lowest BCUT2D eigenvalue weighted by atomic mass is 10.2. The third kappa shape index (κ3) is 3.09. The third-order valence-corrected chi connectivity index (χ3v) is 3.78. The van der Waals surface area contributed by atoms with Gasteiger partial charge in [-0.15, -0.1) is 0 Å². The largest absolute Gasteiger partial charge is 0.490 e. The highest BCUT2D eigenvalue weighted by Crippen LogP contribution is 2.23. The normalized spacial score (nSPS) is 21.0. The molecule has 22 heavy (non-hydrogen) atoms. The van der Waals surface area contributed by atoms with E-state index < -0.39 is 0 Å². The molecule has 1 saturated heterocycles. The van der Waals surface area contributed by atoms with Gasteiger partial charge in [-0.3, -0.25) is 14.9 Å². The maximum atomic E-state index is 12.5. The van der Waals surface area contributed by atoms with Gasteiger partial charge < -0.3 is 14.4 Å². The van der Waals surface area contributed by atoms with E-state index >= 15 is 0 Å². The maximum absolute atomic E-state index is 12.5. The van der Waals surface area contributed by atoms with E-state index in [2.05, 4.69) is 15.2 Å². The van der Waals surface area contributed by atoms with Crippen LogP contribution in [0.3, 0.4) is 0 Å². The second kappa shape index (κ2) is 6.57. The van der Waals surface area contributed by atoms with Crippen molar-refractivity contribution in [2.75, 3.05) is 20.3 Å². The van der Waals surface area contributed by atoms with Gasteiger partial charge >= 0.3 is 0 Å². The van der Waals surface area contributed by atoms with Crippen LogP contribution in [-0.4, -0.2) is 58.4 Å². The Morgan fingerprint density at radius 3 is 3.05 bits per heavy atom. The monoisotopic (exact) mass is 302 g/mol. The Morgan fingerprint density at radius 1 is 1.45 bits per heavy atom. The molecule has 7 nitrogen and oxygen atoms in total. The summed E-state index contributed by atoms with van der Waals surface area (Å²) in [7, 11) is 1.66. The number of hydrogen-bond acceptors (Lipinski definition) is 5. The first-order chi connectivity index (χ1) is 10.8. The Bertz CT molecular complexity index is 603. The van der Waals surface area contributed by atoms with E-state index in [1.165, 1.54) is 0 Å². The number of likely N-dealkylation sites (tertiary alicyclic amines) is 1. The second-order valence-corrected chi connectivity index (χ2v) is 5.17. The molecule has 0 aliphatic carbocycles. The number of carbonyl (C=O) groups excluding carboxylic acids is 1. The van der Waals surface area contributed by atoms with Crippen LogP contribution in [-0.2, 0) is 4.74 Å². The number of carbonyl (C=O) groups is 1. The van der Waals surface area contributed by atoms with Crippen LogP contribution < -0.4 is 4.74 Å². The van der Waals surface area contributed by atoms with Crippen LogP contribution in [0.25, 0.3) is 0 Å². The van der Waals surface area contributed by atoms with Gasteiger partial charge in [-0.2, -0.15) is 5.10 Å². The first kappa shape index (κ1) is 14.5. The molecule has 0 saturated carbocycles. The van der Waals surface area contributed by atoms with Crippen molar-refractivity contribution in [2.45, 2.75) is 18.6 Å². The smallest absolute Gasteiger partial charge is 0.272 e. The molecular formula is C15H18N4O3. The summed E-state index contributed by atoms with van der Waals surface area (Å²) < 4.78 is 11.1. The van der Waals surface area contributed by atoms with Crippen LogP contribution >= 0.6 is 0 Å². The lowest BCUT2D eigenvalue weighted by molar-refractivity contribution is 0.0652. The van der Waals surface area contributed by atoms with Gasteiger partial charge in [0.15, 0.2) is 0 Å². The Hall–Kier alpha value is -2.41. The average molecular weight is 302 g/mol. The highest BCUT2D eigenvalue weighted by atomic mass is 16.5. The highest BCUT2D eigenvalue weighted by molar-refractivity contribution is 5.92. The zero-order valence-corrected chi connectivity index (χ0v) is 12.3. The summed E-state index contributed by atoms with van der Waals surface area (Å²) in [6.45, 7) is 0.959.